The zero-order valence-electron chi connectivity index (χ0n) is 15.1. The van der Waals surface area contributed by atoms with Crippen molar-refractivity contribution in [2.24, 2.45) is 0 Å². The van der Waals surface area contributed by atoms with Gasteiger partial charge in [0, 0.05) is 6.54 Å². The van der Waals surface area contributed by atoms with Crippen molar-refractivity contribution >= 4 is 10.0 Å². The fraction of sp³-hybridized carbons (Fsp3) is 0.333. The van der Waals surface area contributed by atoms with E-state index in [1.165, 1.54) is 0 Å². The predicted molar refractivity (Wildman–Crippen MR) is 95.9 cm³/mol. The van der Waals surface area contributed by atoms with Crippen LogP contribution in [-0.4, -0.2) is 40.3 Å². The first-order valence-electron chi connectivity index (χ1n) is 8.06. The lowest BCUT2D eigenvalue weighted by molar-refractivity contribution is -0.274. The third kappa shape index (κ3) is 6.23. The smallest absolute Gasteiger partial charge is 0.406 e. The van der Waals surface area contributed by atoms with Gasteiger partial charge in [0.25, 0.3) is 0 Å². The van der Waals surface area contributed by atoms with Gasteiger partial charge in [-0.05, 0) is 56.4 Å². The van der Waals surface area contributed by atoms with Crippen LogP contribution in [0.5, 0.6) is 5.75 Å². The highest BCUT2D eigenvalue weighted by Crippen LogP contribution is 2.25. The molecule has 0 aromatic heterocycles. The normalized spacial score (nSPS) is 13.6. The summed E-state index contributed by atoms with van der Waals surface area (Å²) >= 11 is 0. The van der Waals surface area contributed by atoms with Gasteiger partial charge in [0.15, 0.2) is 0 Å². The van der Waals surface area contributed by atoms with E-state index in [9.17, 15) is 21.6 Å². The lowest BCUT2D eigenvalue weighted by Gasteiger charge is -2.24. The van der Waals surface area contributed by atoms with Gasteiger partial charge in [0.1, 0.15) is 5.75 Å². The van der Waals surface area contributed by atoms with Crippen LogP contribution < -0.4 is 9.46 Å². The van der Waals surface area contributed by atoms with Gasteiger partial charge in [-0.3, -0.25) is 0 Å². The molecule has 1 atom stereocenters. The number of rotatable bonds is 7. The first-order chi connectivity index (χ1) is 12.5. The number of nitrogens with one attached hydrogen (secondary N) is 1. The fourth-order valence-corrected chi connectivity index (χ4v) is 3.82. The molecule has 0 fully saturated rings. The first-order valence-corrected chi connectivity index (χ1v) is 9.54. The largest absolute Gasteiger partial charge is 0.573 e. The van der Waals surface area contributed by atoms with Crippen LogP contribution >= 0.6 is 0 Å². The second-order valence-corrected chi connectivity index (χ2v) is 8.03. The van der Waals surface area contributed by atoms with Crippen molar-refractivity contribution in [3.05, 3.63) is 59.7 Å². The predicted octanol–water partition coefficient (Wildman–Crippen LogP) is 3.47. The topological polar surface area (TPSA) is 58.6 Å². The Bertz CT molecular complexity index is 866. The molecule has 2 rings (SSSR count). The Morgan fingerprint density at radius 3 is 2.19 bits per heavy atom. The van der Waals surface area contributed by atoms with E-state index in [2.05, 4.69) is 9.46 Å². The summed E-state index contributed by atoms with van der Waals surface area (Å²) in [7, 11) is -0.299. The van der Waals surface area contributed by atoms with Gasteiger partial charge >= 0.3 is 6.36 Å². The van der Waals surface area contributed by atoms with Crippen LogP contribution in [0.2, 0.25) is 0 Å². The number of ether oxygens (including phenoxy) is 1. The van der Waals surface area contributed by atoms with Crippen molar-refractivity contribution in [1.82, 2.24) is 9.62 Å². The summed E-state index contributed by atoms with van der Waals surface area (Å²) in [5.41, 5.74) is 1.76. The lowest BCUT2D eigenvalue weighted by atomic mass is 10.0. The van der Waals surface area contributed by atoms with Crippen LogP contribution in [0.1, 0.15) is 17.2 Å². The Balaban J connectivity index is 2.27. The summed E-state index contributed by atoms with van der Waals surface area (Å²) in [6, 6.07) is 11.0. The highest BCUT2D eigenvalue weighted by Gasteiger charge is 2.31. The monoisotopic (exact) mass is 402 g/mol. The van der Waals surface area contributed by atoms with Gasteiger partial charge in [-0.15, -0.1) is 13.2 Å². The third-order valence-electron chi connectivity index (χ3n) is 3.78. The van der Waals surface area contributed by atoms with E-state index in [1.807, 2.05) is 50.2 Å². The Morgan fingerprint density at radius 2 is 1.67 bits per heavy atom. The zero-order valence-corrected chi connectivity index (χ0v) is 15.9. The van der Waals surface area contributed by atoms with Gasteiger partial charge in [-0.25, -0.2) is 13.1 Å². The van der Waals surface area contributed by atoms with E-state index >= 15 is 0 Å². The second kappa shape index (κ2) is 8.28. The van der Waals surface area contributed by atoms with Gasteiger partial charge in [-0.1, -0.05) is 24.3 Å². The molecule has 0 radical (unpaired) electrons. The van der Waals surface area contributed by atoms with Crippen molar-refractivity contribution in [2.75, 3.05) is 20.6 Å². The number of halogens is 3. The number of alkyl halides is 3. The minimum absolute atomic E-state index is 0.144. The molecule has 0 bridgehead atoms. The van der Waals surface area contributed by atoms with E-state index in [1.54, 1.807) is 0 Å². The summed E-state index contributed by atoms with van der Waals surface area (Å²) in [6.07, 6.45) is -4.83. The standard InChI is InChI=1S/C18H21F3N2O3S/c1-13-6-4-5-7-16(13)17(12-23(2)3)22-27(24,25)15-10-8-14(9-11-15)26-18(19,20)21/h4-11,17,22H,12H2,1-3H3. The van der Waals surface area contributed by atoms with Crippen molar-refractivity contribution in [3.63, 3.8) is 0 Å². The Morgan fingerprint density at radius 1 is 1.07 bits per heavy atom. The molecule has 0 heterocycles. The number of likely N-dealkylation sites (N-methyl/N-ethyl adjacent to an activating group) is 1. The van der Waals surface area contributed by atoms with E-state index in [-0.39, 0.29) is 4.90 Å². The number of hydrogen-bond acceptors (Lipinski definition) is 4. The maximum atomic E-state index is 12.7. The van der Waals surface area contributed by atoms with Crippen LogP contribution in [0.3, 0.4) is 0 Å². The number of benzene rings is 2. The minimum Gasteiger partial charge on any atom is -0.406 e. The molecule has 9 heteroatoms. The maximum absolute atomic E-state index is 12.7. The van der Waals surface area contributed by atoms with Gasteiger partial charge < -0.3 is 9.64 Å². The van der Waals surface area contributed by atoms with Crippen molar-refractivity contribution in [3.8, 4) is 5.75 Å². The molecule has 0 saturated carbocycles. The Hall–Kier alpha value is -2.10. The molecule has 5 nitrogen and oxygen atoms in total. The SMILES string of the molecule is Cc1ccccc1C(CN(C)C)NS(=O)(=O)c1ccc(OC(F)(F)F)cc1. The summed E-state index contributed by atoms with van der Waals surface area (Å²) in [5.74, 6) is -0.481. The molecule has 0 aliphatic heterocycles. The number of aryl methyl sites for hydroxylation is 1. The summed E-state index contributed by atoms with van der Waals surface area (Å²) < 4.78 is 68.5. The average Bonchev–Trinajstić information content (AvgIpc) is 2.53. The molecular formula is C18H21F3N2O3S. The molecule has 0 saturated heterocycles. The molecule has 0 spiro atoms. The van der Waals surface area contributed by atoms with E-state index in [4.69, 9.17) is 0 Å². The zero-order chi connectivity index (χ0) is 20.2. The second-order valence-electron chi connectivity index (χ2n) is 6.31. The van der Waals surface area contributed by atoms with Crippen LogP contribution in [0.4, 0.5) is 13.2 Å². The van der Waals surface area contributed by atoms with Gasteiger partial charge in [0.2, 0.25) is 10.0 Å². The van der Waals surface area contributed by atoms with E-state index < -0.39 is 28.2 Å². The highest BCUT2D eigenvalue weighted by atomic mass is 32.2. The van der Waals surface area contributed by atoms with Crippen molar-refractivity contribution in [2.45, 2.75) is 24.2 Å². The van der Waals surface area contributed by atoms with E-state index in [0.29, 0.717) is 6.54 Å². The molecule has 2 aromatic rings. The van der Waals surface area contributed by atoms with Gasteiger partial charge in [-0.2, -0.15) is 0 Å². The summed E-state index contributed by atoms with van der Waals surface area (Å²) in [6.45, 7) is 2.30. The van der Waals surface area contributed by atoms with Crippen LogP contribution in [0, 0.1) is 6.92 Å². The Labute approximate surface area is 156 Å². The number of nitrogens with zero attached hydrogens (tertiary/aromatic N) is 1. The molecule has 2 aromatic carbocycles. The minimum atomic E-state index is -4.83. The Kier molecular flexibility index (Phi) is 6.50. The molecule has 1 unspecified atom stereocenters. The molecule has 148 valence electrons. The summed E-state index contributed by atoms with van der Waals surface area (Å²) in [4.78, 5) is 1.70. The molecular weight excluding hydrogens is 381 g/mol. The number of sulfonamides is 1. The lowest BCUT2D eigenvalue weighted by Crippen LogP contribution is -2.35. The number of hydrogen-bond donors (Lipinski definition) is 1. The van der Waals surface area contributed by atoms with E-state index in [0.717, 1.165) is 35.4 Å². The van der Waals surface area contributed by atoms with Crippen LogP contribution in [-0.2, 0) is 10.0 Å². The molecule has 0 aliphatic carbocycles. The molecule has 27 heavy (non-hydrogen) atoms. The van der Waals surface area contributed by atoms with Crippen LogP contribution in [0.25, 0.3) is 0 Å². The molecule has 0 amide bonds. The summed E-state index contributed by atoms with van der Waals surface area (Å²) in [5, 5.41) is 0. The first kappa shape index (κ1) is 21.2. The molecule has 1 N–H and O–H groups in total. The molecule has 0 aliphatic rings. The third-order valence-corrected chi connectivity index (χ3v) is 5.26. The van der Waals surface area contributed by atoms with Crippen molar-refractivity contribution < 1.29 is 26.3 Å². The highest BCUT2D eigenvalue weighted by molar-refractivity contribution is 7.89. The van der Waals surface area contributed by atoms with Crippen LogP contribution in [0.15, 0.2) is 53.4 Å². The quantitative estimate of drug-likeness (QED) is 0.771. The van der Waals surface area contributed by atoms with Crippen molar-refractivity contribution in [1.29, 1.82) is 0 Å². The maximum Gasteiger partial charge on any atom is 0.573 e. The average molecular weight is 402 g/mol. The van der Waals surface area contributed by atoms with Gasteiger partial charge in [0.05, 0.1) is 10.9 Å². The fourth-order valence-electron chi connectivity index (χ4n) is 2.62.